The largest absolute Gasteiger partial charge is 0.355 e. The average Bonchev–Trinajstić information content (AvgIpc) is 2.94. The second-order valence-corrected chi connectivity index (χ2v) is 6.57. The van der Waals surface area contributed by atoms with Gasteiger partial charge in [0, 0.05) is 30.1 Å². The Morgan fingerprint density at radius 2 is 2.14 bits per heavy atom. The summed E-state index contributed by atoms with van der Waals surface area (Å²) in [6.45, 7) is 3.53. The highest BCUT2D eigenvalue weighted by atomic mass is 32.2. The fourth-order valence-electron chi connectivity index (χ4n) is 2.40. The molecule has 0 bridgehead atoms. The molecule has 6 heteroatoms. The number of nitrogens with two attached hydrogens (primary N) is 1. The molecular formula is C16H23N3O2S. The maximum absolute atomic E-state index is 12.2. The molecule has 2 unspecified atom stereocenters. The van der Waals surface area contributed by atoms with Crippen molar-refractivity contribution in [3.8, 4) is 0 Å². The lowest BCUT2D eigenvalue weighted by atomic mass is 10.1. The van der Waals surface area contributed by atoms with E-state index in [-0.39, 0.29) is 30.1 Å². The Morgan fingerprint density at radius 3 is 2.73 bits per heavy atom. The minimum atomic E-state index is -0.280. The van der Waals surface area contributed by atoms with Gasteiger partial charge in [-0.15, -0.1) is 11.8 Å². The third-order valence-corrected chi connectivity index (χ3v) is 4.65. The number of nitrogens with one attached hydrogen (secondary N) is 1. The Hall–Kier alpha value is -1.53. The summed E-state index contributed by atoms with van der Waals surface area (Å²) in [7, 11) is 0. The first-order valence-corrected chi connectivity index (χ1v) is 8.69. The number of nitrogens with zero attached hydrogens (tertiary/aromatic N) is 1. The Bertz CT molecular complexity index is 533. The van der Waals surface area contributed by atoms with Crippen molar-refractivity contribution in [3.63, 3.8) is 0 Å². The van der Waals surface area contributed by atoms with Gasteiger partial charge in [-0.2, -0.15) is 0 Å². The van der Waals surface area contributed by atoms with Gasteiger partial charge in [-0.05, 0) is 43.0 Å². The number of amides is 2. The van der Waals surface area contributed by atoms with Crippen LogP contribution in [0.15, 0.2) is 29.2 Å². The van der Waals surface area contributed by atoms with Crippen LogP contribution in [0.1, 0.15) is 13.3 Å². The summed E-state index contributed by atoms with van der Waals surface area (Å²) in [5.74, 6) is -0.0882. The molecule has 5 nitrogen and oxygen atoms in total. The number of rotatable bonds is 6. The molecular weight excluding hydrogens is 298 g/mol. The number of carbonyl (C=O) groups is 2. The van der Waals surface area contributed by atoms with E-state index in [2.05, 4.69) is 5.32 Å². The van der Waals surface area contributed by atoms with E-state index in [1.807, 2.05) is 37.4 Å². The lowest BCUT2D eigenvalue weighted by Gasteiger charge is -2.17. The van der Waals surface area contributed by atoms with Gasteiger partial charge in [0.2, 0.25) is 11.8 Å². The number of carbonyl (C=O) groups excluding carboxylic acids is 2. The van der Waals surface area contributed by atoms with Crippen molar-refractivity contribution in [2.24, 2.45) is 17.6 Å². The fraction of sp³-hybridized carbons (Fsp3) is 0.500. The highest BCUT2D eigenvalue weighted by Gasteiger charge is 2.35. The van der Waals surface area contributed by atoms with Gasteiger partial charge in [-0.25, -0.2) is 0 Å². The van der Waals surface area contributed by atoms with Crippen LogP contribution >= 0.6 is 11.8 Å². The predicted molar refractivity (Wildman–Crippen MR) is 89.9 cm³/mol. The second-order valence-electron chi connectivity index (χ2n) is 5.69. The molecule has 0 spiro atoms. The highest BCUT2D eigenvalue weighted by Crippen LogP contribution is 2.27. The van der Waals surface area contributed by atoms with Crippen molar-refractivity contribution in [2.75, 3.05) is 30.8 Å². The first kappa shape index (κ1) is 16.8. The van der Waals surface area contributed by atoms with Crippen LogP contribution in [0.3, 0.4) is 0 Å². The highest BCUT2D eigenvalue weighted by molar-refractivity contribution is 7.98. The molecule has 1 saturated heterocycles. The predicted octanol–water partition coefficient (Wildman–Crippen LogP) is 1.47. The van der Waals surface area contributed by atoms with Crippen molar-refractivity contribution >= 4 is 29.3 Å². The topological polar surface area (TPSA) is 75.4 Å². The first-order valence-electron chi connectivity index (χ1n) is 7.47. The van der Waals surface area contributed by atoms with Gasteiger partial charge in [0.05, 0.1) is 5.92 Å². The van der Waals surface area contributed by atoms with E-state index in [0.717, 1.165) is 10.6 Å². The van der Waals surface area contributed by atoms with E-state index >= 15 is 0 Å². The van der Waals surface area contributed by atoms with Crippen molar-refractivity contribution < 1.29 is 9.59 Å². The zero-order valence-electron chi connectivity index (χ0n) is 13.0. The Kier molecular flexibility index (Phi) is 5.85. The SMILES string of the molecule is CSc1ccc(N2CC(C(=O)NCC(C)CN)CC2=O)cc1. The molecule has 0 saturated carbocycles. The van der Waals surface area contributed by atoms with Crippen LogP contribution < -0.4 is 16.0 Å². The van der Waals surface area contributed by atoms with E-state index in [4.69, 9.17) is 5.73 Å². The number of benzene rings is 1. The van der Waals surface area contributed by atoms with Gasteiger partial charge >= 0.3 is 0 Å². The smallest absolute Gasteiger partial charge is 0.227 e. The van der Waals surface area contributed by atoms with Crippen LogP contribution in [0.5, 0.6) is 0 Å². The summed E-state index contributed by atoms with van der Waals surface area (Å²) in [6.07, 6.45) is 2.28. The quantitative estimate of drug-likeness (QED) is 0.778. The normalized spacial score (nSPS) is 19.3. The molecule has 1 heterocycles. The molecule has 0 aromatic heterocycles. The number of anilines is 1. The Morgan fingerprint density at radius 1 is 1.45 bits per heavy atom. The van der Waals surface area contributed by atoms with Crippen LogP contribution in [-0.2, 0) is 9.59 Å². The van der Waals surface area contributed by atoms with Gasteiger partial charge in [0.1, 0.15) is 0 Å². The van der Waals surface area contributed by atoms with E-state index in [9.17, 15) is 9.59 Å². The zero-order chi connectivity index (χ0) is 16.1. The van der Waals surface area contributed by atoms with Crippen LogP contribution in [0, 0.1) is 11.8 Å². The van der Waals surface area contributed by atoms with Gasteiger partial charge in [0.25, 0.3) is 0 Å². The maximum atomic E-state index is 12.2. The van der Waals surface area contributed by atoms with Crippen molar-refractivity contribution in [2.45, 2.75) is 18.2 Å². The summed E-state index contributed by atoms with van der Waals surface area (Å²) < 4.78 is 0. The summed E-state index contributed by atoms with van der Waals surface area (Å²) in [5.41, 5.74) is 6.40. The Balaban J connectivity index is 1.96. The molecule has 2 rings (SSSR count). The molecule has 1 fully saturated rings. The van der Waals surface area contributed by atoms with E-state index in [1.54, 1.807) is 16.7 Å². The standard InChI is InChI=1S/C16H23N3O2S/c1-11(8-17)9-18-16(21)12-7-15(20)19(10-12)13-3-5-14(22-2)6-4-13/h3-6,11-12H,7-10,17H2,1-2H3,(H,18,21). The second kappa shape index (κ2) is 7.65. The average molecular weight is 321 g/mol. The van der Waals surface area contributed by atoms with Gasteiger partial charge in [-0.3, -0.25) is 9.59 Å². The van der Waals surface area contributed by atoms with Crippen molar-refractivity contribution in [1.29, 1.82) is 0 Å². The molecule has 0 aliphatic carbocycles. The molecule has 0 radical (unpaired) electrons. The minimum Gasteiger partial charge on any atom is -0.355 e. The first-order chi connectivity index (χ1) is 10.5. The van der Waals surface area contributed by atoms with E-state index < -0.39 is 0 Å². The fourth-order valence-corrected chi connectivity index (χ4v) is 2.81. The number of hydrogen-bond acceptors (Lipinski definition) is 4. The molecule has 1 aromatic carbocycles. The number of hydrogen-bond donors (Lipinski definition) is 2. The van der Waals surface area contributed by atoms with Crippen LogP contribution in [0.25, 0.3) is 0 Å². The van der Waals surface area contributed by atoms with Crippen molar-refractivity contribution in [1.82, 2.24) is 5.32 Å². The molecule has 1 aromatic rings. The molecule has 120 valence electrons. The van der Waals surface area contributed by atoms with Gasteiger partial charge < -0.3 is 16.0 Å². The Labute approximate surface area is 135 Å². The van der Waals surface area contributed by atoms with Crippen LogP contribution in [-0.4, -0.2) is 37.7 Å². The van der Waals surface area contributed by atoms with Crippen LogP contribution in [0.4, 0.5) is 5.69 Å². The zero-order valence-corrected chi connectivity index (χ0v) is 13.9. The van der Waals surface area contributed by atoms with Crippen LogP contribution in [0.2, 0.25) is 0 Å². The summed E-state index contributed by atoms with van der Waals surface area (Å²) >= 11 is 1.66. The van der Waals surface area contributed by atoms with E-state index in [1.165, 1.54) is 0 Å². The monoisotopic (exact) mass is 321 g/mol. The molecule has 2 atom stereocenters. The molecule has 1 aliphatic rings. The van der Waals surface area contributed by atoms with Gasteiger partial charge in [0.15, 0.2) is 0 Å². The lowest BCUT2D eigenvalue weighted by Crippen LogP contribution is -2.36. The number of thioether (sulfide) groups is 1. The third kappa shape index (κ3) is 4.01. The third-order valence-electron chi connectivity index (χ3n) is 3.91. The van der Waals surface area contributed by atoms with E-state index in [0.29, 0.717) is 19.6 Å². The van der Waals surface area contributed by atoms with Crippen molar-refractivity contribution in [3.05, 3.63) is 24.3 Å². The maximum Gasteiger partial charge on any atom is 0.227 e. The molecule has 1 aliphatic heterocycles. The summed E-state index contributed by atoms with van der Waals surface area (Å²) in [6, 6.07) is 7.84. The minimum absolute atomic E-state index is 0.00363. The molecule has 2 amide bonds. The summed E-state index contributed by atoms with van der Waals surface area (Å²) in [4.78, 5) is 27.2. The summed E-state index contributed by atoms with van der Waals surface area (Å²) in [5, 5.41) is 2.88. The molecule has 22 heavy (non-hydrogen) atoms. The van der Waals surface area contributed by atoms with Gasteiger partial charge in [-0.1, -0.05) is 6.92 Å². The lowest BCUT2D eigenvalue weighted by molar-refractivity contribution is -0.126. The molecule has 3 N–H and O–H groups in total.